The van der Waals surface area contributed by atoms with Gasteiger partial charge in [-0.25, -0.2) is 9.18 Å². The van der Waals surface area contributed by atoms with E-state index in [0.29, 0.717) is 34.3 Å². The molecule has 1 N–H and O–H groups in total. The fourth-order valence-corrected chi connectivity index (χ4v) is 3.34. The van der Waals surface area contributed by atoms with Gasteiger partial charge in [-0.05, 0) is 79.7 Å². The number of benzene rings is 4. The SMILES string of the molecule is CC(COc1ccc(C(Oc2ccc(Oc3ccccc3)cc2)C(=O)O)cc1)Oc1ccc(F)cc1. The Balaban J connectivity index is 1.32. The fourth-order valence-electron chi connectivity index (χ4n) is 3.34. The third-order valence-electron chi connectivity index (χ3n) is 5.10. The van der Waals surface area contributed by atoms with Crippen molar-refractivity contribution in [1.82, 2.24) is 0 Å². The van der Waals surface area contributed by atoms with Crippen molar-refractivity contribution in [2.24, 2.45) is 0 Å². The van der Waals surface area contributed by atoms with Crippen molar-refractivity contribution in [2.45, 2.75) is 19.1 Å². The molecule has 4 rings (SSSR count). The minimum atomic E-state index is -1.19. The summed E-state index contributed by atoms with van der Waals surface area (Å²) in [7, 11) is 0. The van der Waals surface area contributed by atoms with Crippen LogP contribution < -0.4 is 18.9 Å². The van der Waals surface area contributed by atoms with Gasteiger partial charge in [0.05, 0.1) is 0 Å². The summed E-state index contributed by atoms with van der Waals surface area (Å²) in [5.74, 6) is 1.37. The van der Waals surface area contributed by atoms with Crippen LogP contribution in [0.25, 0.3) is 0 Å². The third kappa shape index (κ3) is 6.99. The molecule has 0 aliphatic carbocycles. The monoisotopic (exact) mass is 488 g/mol. The van der Waals surface area contributed by atoms with E-state index in [1.165, 1.54) is 12.1 Å². The van der Waals surface area contributed by atoms with E-state index in [-0.39, 0.29) is 18.5 Å². The van der Waals surface area contributed by atoms with Gasteiger partial charge in [-0.2, -0.15) is 0 Å². The first-order valence-electron chi connectivity index (χ1n) is 11.3. The average Bonchev–Trinajstić information content (AvgIpc) is 2.89. The van der Waals surface area contributed by atoms with Gasteiger partial charge in [0.2, 0.25) is 6.10 Å². The number of halogens is 1. The molecule has 7 heteroatoms. The summed E-state index contributed by atoms with van der Waals surface area (Å²) in [4.78, 5) is 11.9. The van der Waals surface area contributed by atoms with E-state index in [1.807, 2.05) is 37.3 Å². The average molecular weight is 489 g/mol. The Hall–Kier alpha value is -4.52. The van der Waals surface area contributed by atoms with Crippen LogP contribution in [0.1, 0.15) is 18.6 Å². The highest BCUT2D eigenvalue weighted by atomic mass is 19.1. The fraction of sp³-hybridized carbons (Fsp3) is 0.138. The van der Waals surface area contributed by atoms with E-state index >= 15 is 0 Å². The van der Waals surface area contributed by atoms with Crippen LogP contribution in [-0.2, 0) is 4.79 Å². The summed E-state index contributed by atoms with van der Waals surface area (Å²) < 4.78 is 35.9. The van der Waals surface area contributed by atoms with Gasteiger partial charge in [0.25, 0.3) is 0 Å². The van der Waals surface area contributed by atoms with E-state index in [1.54, 1.807) is 60.7 Å². The predicted octanol–water partition coefficient (Wildman–Crippen LogP) is 6.67. The normalized spacial score (nSPS) is 12.3. The van der Waals surface area contributed by atoms with Crippen LogP contribution in [0.3, 0.4) is 0 Å². The predicted molar refractivity (Wildman–Crippen MR) is 132 cm³/mol. The first-order chi connectivity index (χ1) is 17.5. The number of carbonyl (C=O) groups is 1. The number of carboxylic acids is 1. The first kappa shape index (κ1) is 24.6. The summed E-state index contributed by atoms with van der Waals surface area (Å²) in [6, 6.07) is 28.5. The Bertz CT molecular complexity index is 1240. The molecule has 0 fully saturated rings. The van der Waals surface area contributed by atoms with Crippen LogP contribution >= 0.6 is 0 Å². The van der Waals surface area contributed by atoms with Gasteiger partial charge in [-0.3, -0.25) is 0 Å². The molecule has 184 valence electrons. The van der Waals surface area contributed by atoms with E-state index in [0.717, 1.165) is 0 Å². The molecule has 2 unspecified atom stereocenters. The molecule has 4 aromatic carbocycles. The summed E-state index contributed by atoms with van der Waals surface area (Å²) >= 11 is 0. The molecule has 0 radical (unpaired) electrons. The summed E-state index contributed by atoms with van der Waals surface area (Å²) in [6.07, 6.45) is -1.47. The minimum Gasteiger partial charge on any atom is -0.490 e. The second kappa shape index (κ2) is 11.8. The molecule has 0 bridgehead atoms. The topological polar surface area (TPSA) is 74.2 Å². The number of rotatable bonds is 11. The van der Waals surface area contributed by atoms with Crippen LogP contribution in [0.4, 0.5) is 4.39 Å². The Kier molecular flexibility index (Phi) is 8.03. The van der Waals surface area contributed by atoms with Gasteiger partial charge in [0.1, 0.15) is 47.3 Å². The second-order valence-corrected chi connectivity index (χ2v) is 7.99. The zero-order valence-corrected chi connectivity index (χ0v) is 19.5. The molecular weight excluding hydrogens is 463 g/mol. The standard InChI is InChI=1S/C29H25FO6/c1-20(34-25-13-9-22(30)10-14-25)19-33-23-11-7-21(8-12-23)28(29(31)32)36-27-17-15-26(16-18-27)35-24-5-3-2-4-6-24/h2-18,20,28H,19H2,1H3,(H,31,32). The lowest BCUT2D eigenvalue weighted by Gasteiger charge is -2.18. The second-order valence-electron chi connectivity index (χ2n) is 7.99. The molecule has 0 saturated heterocycles. The number of para-hydroxylation sites is 1. The lowest BCUT2D eigenvalue weighted by molar-refractivity contribution is -0.145. The molecular formula is C29H25FO6. The van der Waals surface area contributed by atoms with Crippen molar-refractivity contribution >= 4 is 5.97 Å². The van der Waals surface area contributed by atoms with E-state index < -0.39 is 12.1 Å². The molecule has 6 nitrogen and oxygen atoms in total. The quantitative estimate of drug-likeness (QED) is 0.254. The Morgan fingerprint density at radius 1 is 0.722 bits per heavy atom. The minimum absolute atomic E-state index is 0.257. The van der Waals surface area contributed by atoms with Crippen molar-refractivity contribution in [3.8, 4) is 28.7 Å². The molecule has 36 heavy (non-hydrogen) atoms. The number of ether oxygens (including phenoxy) is 4. The maximum absolute atomic E-state index is 13.0. The Morgan fingerprint density at radius 2 is 1.25 bits per heavy atom. The lowest BCUT2D eigenvalue weighted by Crippen LogP contribution is -2.21. The zero-order valence-electron chi connectivity index (χ0n) is 19.5. The van der Waals surface area contributed by atoms with Gasteiger partial charge in [0.15, 0.2) is 0 Å². The molecule has 0 aliphatic heterocycles. The van der Waals surface area contributed by atoms with Crippen LogP contribution in [0, 0.1) is 5.82 Å². The summed E-state index contributed by atoms with van der Waals surface area (Å²) in [5.41, 5.74) is 0.468. The van der Waals surface area contributed by atoms with Gasteiger partial charge in [0, 0.05) is 5.56 Å². The van der Waals surface area contributed by atoms with Crippen molar-refractivity contribution < 1.29 is 33.2 Å². The molecule has 0 aromatic heterocycles. The largest absolute Gasteiger partial charge is 0.490 e. The van der Waals surface area contributed by atoms with Crippen molar-refractivity contribution in [2.75, 3.05) is 6.61 Å². The highest BCUT2D eigenvalue weighted by Crippen LogP contribution is 2.28. The maximum atomic E-state index is 13.0. The van der Waals surface area contributed by atoms with Crippen molar-refractivity contribution in [3.05, 3.63) is 115 Å². The van der Waals surface area contributed by atoms with Crippen LogP contribution in [0.2, 0.25) is 0 Å². The van der Waals surface area contributed by atoms with Gasteiger partial charge in [-0.15, -0.1) is 0 Å². The number of aliphatic carboxylic acids is 1. The first-order valence-corrected chi connectivity index (χ1v) is 11.3. The zero-order chi connectivity index (χ0) is 25.3. The van der Waals surface area contributed by atoms with Crippen molar-refractivity contribution in [1.29, 1.82) is 0 Å². The van der Waals surface area contributed by atoms with Gasteiger partial charge >= 0.3 is 5.97 Å². The van der Waals surface area contributed by atoms with Crippen LogP contribution in [0.15, 0.2) is 103 Å². The Morgan fingerprint density at radius 3 is 1.89 bits per heavy atom. The molecule has 0 aliphatic rings. The number of hydrogen-bond acceptors (Lipinski definition) is 5. The molecule has 0 amide bonds. The highest BCUT2D eigenvalue weighted by molar-refractivity contribution is 5.75. The lowest BCUT2D eigenvalue weighted by atomic mass is 10.1. The van der Waals surface area contributed by atoms with E-state index in [4.69, 9.17) is 18.9 Å². The molecule has 0 saturated carbocycles. The third-order valence-corrected chi connectivity index (χ3v) is 5.10. The molecule has 2 atom stereocenters. The molecule has 0 spiro atoms. The maximum Gasteiger partial charge on any atom is 0.349 e. The smallest absolute Gasteiger partial charge is 0.349 e. The Labute approximate surface area is 208 Å². The summed E-state index contributed by atoms with van der Waals surface area (Å²) in [6.45, 7) is 2.09. The van der Waals surface area contributed by atoms with E-state index in [9.17, 15) is 14.3 Å². The van der Waals surface area contributed by atoms with E-state index in [2.05, 4.69) is 0 Å². The molecule has 4 aromatic rings. The van der Waals surface area contributed by atoms with Gasteiger partial charge in [-0.1, -0.05) is 30.3 Å². The van der Waals surface area contributed by atoms with Gasteiger partial charge < -0.3 is 24.1 Å². The number of hydrogen-bond donors (Lipinski definition) is 1. The van der Waals surface area contributed by atoms with Crippen LogP contribution in [0.5, 0.6) is 28.7 Å². The number of carboxylic acid groups (broad SMARTS) is 1. The molecule has 0 heterocycles. The van der Waals surface area contributed by atoms with Crippen LogP contribution in [-0.4, -0.2) is 23.8 Å². The highest BCUT2D eigenvalue weighted by Gasteiger charge is 2.22. The summed E-state index contributed by atoms with van der Waals surface area (Å²) in [5, 5.41) is 9.72. The van der Waals surface area contributed by atoms with Crippen molar-refractivity contribution in [3.63, 3.8) is 0 Å².